The van der Waals surface area contributed by atoms with Crippen molar-refractivity contribution in [2.75, 3.05) is 36.9 Å². The minimum atomic E-state index is -3.10. The van der Waals surface area contributed by atoms with Gasteiger partial charge in [-0.1, -0.05) is 6.92 Å². The number of aryl methyl sites for hydroxylation is 1. The molecular weight excluding hydrogens is 262 g/mol. The lowest BCUT2D eigenvalue weighted by Crippen LogP contribution is -2.32. The van der Waals surface area contributed by atoms with Crippen molar-refractivity contribution in [3.8, 4) is 0 Å². The van der Waals surface area contributed by atoms with E-state index in [1.165, 1.54) is 4.31 Å². The Morgan fingerprint density at radius 1 is 1.32 bits per heavy atom. The third kappa shape index (κ3) is 4.40. The molecule has 0 heterocycles. The van der Waals surface area contributed by atoms with Crippen molar-refractivity contribution in [2.45, 2.75) is 20.3 Å². The van der Waals surface area contributed by atoms with Crippen LogP contribution >= 0.6 is 0 Å². The molecule has 0 amide bonds. The summed E-state index contributed by atoms with van der Waals surface area (Å²) < 4.78 is 24.5. The molecule has 0 aliphatic heterocycles. The fraction of sp³-hybridized carbons (Fsp3) is 0.538. The van der Waals surface area contributed by atoms with Crippen molar-refractivity contribution < 1.29 is 8.42 Å². The standard InChI is InChI=1S/C13H23N3O2S/c1-4-11-10-12(6-7-13(11)14)15-8-9-16(3)19(17,18)5-2/h6-7,10,15H,4-5,8-9,14H2,1-3H3. The Labute approximate surface area is 115 Å². The van der Waals surface area contributed by atoms with Crippen LogP contribution in [0.3, 0.4) is 0 Å². The normalized spacial score (nSPS) is 11.8. The number of rotatable bonds is 7. The quantitative estimate of drug-likeness (QED) is 0.745. The second-order valence-electron chi connectivity index (χ2n) is 4.42. The van der Waals surface area contributed by atoms with Crippen LogP contribution in [0.15, 0.2) is 18.2 Å². The van der Waals surface area contributed by atoms with Gasteiger partial charge in [-0.15, -0.1) is 0 Å². The molecule has 0 atom stereocenters. The molecule has 0 aromatic heterocycles. The van der Waals surface area contributed by atoms with Crippen LogP contribution in [0.2, 0.25) is 0 Å². The maximum Gasteiger partial charge on any atom is 0.213 e. The van der Waals surface area contributed by atoms with E-state index in [-0.39, 0.29) is 5.75 Å². The Hall–Kier alpha value is -1.27. The molecule has 0 saturated heterocycles. The minimum Gasteiger partial charge on any atom is -0.399 e. The molecule has 1 aromatic rings. The van der Waals surface area contributed by atoms with Crippen LogP contribution in [-0.2, 0) is 16.4 Å². The van der Waals surface area contributed by atoms with Gasteiger partial charge in [0.1, 0.15) is 0 Å². The molecule has 0 radical (unpaired) electrons. The summed E-state index contributed by atoms with van der Waals surface area (Å²) >= 11 is 0. The van der Waals surface area contributed by atoms with Gasteiger partial charge in [0.25, 0.3) is 0 Å². The molecule has 6 heteroatoms. The molecule has 0 aliphatic rings. The summed E-state index contributed by atoms with van der Waals surface area (Å²) in [4.78, 5) is 0. The summed E-state index contributed by atoms with van der Waals surface area (Å²) in [5, 5.41) is 3.21. The average molecular weight is 285 g/mol. The third-order valence-corrected chi connectivity index (χ3v) is 4.98. The van der Waals surface area contributed by atoms with E-state index in [1.54, 1.807) is 14.0 Å². The van der Waals surface area contributed by atoms with Crippen molar-refractivity contribution in [3.63, 3.8) is 0 Å². The maximum atomic E-state index is 11.6. The van der Waals surface area contributed by atoms with E-state index < -0.39 is 10.0 Å². The zero-order valence-corrected chi connectivity index (χ0v) is 12.6. The molecule has 0 bridgehead atoms. The zero-order valence-electron chi connectivity index (χ0n) is 11.8. The van der Waals surface area contributed by atoms with E-state index in [1.807, 2.05) is 18.2 Å². The molecule has 108 valence electrons. The number of likely N-dealkylation sites (N-methyl/N-ethyl adjacent to an activating group) is 1. The van der Waals surface area contributed by atoms with Gasteiger partial charge >= 0.3 is 0 Å². The highest BCUT2D eigenvalue weighted by atomic mass is 32.2. The Morgan fingerprint density at radius 3 is 2.58 bits per heavy atom. The van der Waals surface area contributed by atoms with Crippen molar-refractivity contribution >= 4 is 21.4 Å². The highest BCUT2D eigenvalue weighted by Gasteiger charge is 2.13. The lowest BCUT2D eigenvalue weighted by molar-refractivity contribution is 0.481. The topological polar surface area (TPSA) is 75.4 Å². The summed E-state index contributed by atoms with van der Waals surface area (Å²) in [6, 6.07) is 5.78. The SMILES string of the molecule is CCc1cc(NCCN(C)S(=O)(=O)CC)ccc1N. The number of nitrogens with zero attached hydrogens (tertiary/aromatic N) is 1. The molecule has 0 aliphatic carbocycles. The Kier molecular flexibility index (Phi) is 5.62. The predicted octanol–water partition coefficient (Wildman–Crippen LogP) is 1.52. The van der Waals surface area contributed by atoms with Gasteiger partial charge in [-0.05, 0) is 37.1 Å². The van der Waals surface area contributed by atoms with Crippen LogP contribution in [-0.4, -0.2) is 38.6 Å². The van der Waals surface area contributed by atoms with E-state index in [0.29, 0.717) is 13.1 Å². The lowest BCUT2D eigenvalue weighted by Gasteiger charge is -2.17. The predicted molar refractivity (Wildman–Crippen MR) is 80.8 cm³/mol. The van der Waals surface area contributed by atoms with Gasteiger partial charge in [-0.3, -0.25) is 0 Å². The lowest BCUT2D eigenvalue weighted by atomic mass is 10.1. The second-order valence-corrected chi connectivity index (χ2v) is 6.78. The molecule has 1 aromatic carbocycles. The first-order valence-corrected chi connectivity index (χ1v) is 8.08. The van der Waals surface area contributed by atoms with E-state index in [4.69, 9.17) is 5.73 Å². The minimum absolute atomic E-state index is 0.130. The smallest absolute Gasteiger partial charge is 0.213 e. The summed E-state index contributed by atoms with van der Waals surface area (Å²) in [6.45, 7) is 4.72. The monoisotopic (exact) mass is 285 g/mol. The number of sulfonamides is 1. The number of nitrogens with two attached hydrogens (primary N) is 1. The molecule has 5 nitrogen and oxygen atoms in total. The van der Waals surface area contributed by atoms with Gasteiger partial charge in [0.2, 0.25) is 10.0 Å². The fourth-order valence-electron chi connectivity index (χ4n) is 1.74. The molecule has 19 heavy (non-hydrogen) atoms. The van der Waals surface area contributed by atoms with E-state index >= 15 is 0 Å². The maximum absolute atomic E-state index is 11.6. The number of nitrogens with one attached hydrogen (secondary N) is 1. The van der Waals surface area contributed by atoms with Crippen LogP contribution in [0, 0.1) is 0 Å². The van der Waals surface area contributed by atoms with Gasteiger partial charge in [0.05, 0.1) is 5.75 Å². The van der Waals surface area contributed by atoms with E-state index in [2.05, 4.69) is 12.2 Å². The summed E-state index contributed by atoms with van der Waals surface area (Å²) in [5.74, 6) is 0.130. The van der Waals surface area contributed by atoms with Gasteiger partial charge in [-0.2, -0.15) is 0 Å². The Bertz CT molecular complexity index is 515. The Balaban J connectivity index is 2.54. The Morgan fingerprint density at radius 2 is 2.00 bits per heavy atom. The van der Waals surface area contributed by atoms with Crippen LogP contribution < -0.4 is 11.1 Å². The number of anilines is 2. The number of hydrogen-bond acceptors (Lipinski definition) is 4. The van der Waals surface area contributed by atoms with Crippen LogP contribution in [0.1, 0.15) is 19.4 Å². The first-order chi connectivity index (χ1) is 8.90. The number of hydrogen-bond donors (Lipinski definition) is 2. The molecule has 0 spiro atoms. The zero-order chi connectivity index (χ0) is 14.5. The van der Waals surface area contributed by atoms with Crippen LogP contribution in [0.25, 0.3) is 0 Å². The highest BCUT2D eigenvalue weighted by molar-refractivity contribution is 7.89. The van der Waals surface area contributed by atoms with Gasteiger partial charge in [0, 0.05) is 31.5 Å². The highest BCUT2D eigenvalue weighted by Crippen LogP contribution is 2.18. The average Bonchev–Trinajstić information content (AvgIpc) is 2.40. The van der Waals surface area contributed by atoms with Gasteiger partial charge in [0.15, 0.2) is 0 Å². The third-order valence-electron chi connectivity index (χ3n) is 3.12. The molecule has 0 unspecified atom stereocenters. The van der Waals surface area contributed by atoms with Gasteiger partial charge in [-0.25, -0.2) is 12.7 Å². The van der Waals surface area contributed by atoms with Crippen molar-refractivity contribution in [2.24, 2.45) is 0 Å². The molecule has 3 N–H and O–H groups in total. The molecular formula is C13H23N3O2S. The van der Waals surface area contributed by atoms with Crippen molar-refractivity contribution in [3.05, 3.63) is 23.8 Å². The number of nitrogen functional groups attached to an aromatic ring is 1. The summed E-state index contributed by atoms with van der Waals surface area (Å²) in [6.07, 6.45) is 0.880. The first-order valence-electron chi connectivity index (χ1n) is 6.47. The number of benzene rings is 1. The summed E-state index contributed by atoms with van der Waals surface area (Å²) in [7, 11) is -1.50. The van der Waals surface area contributed by atoms with Crippen LogP contribution in [0.5, 0.6) is 0 Å². The van der Waals surface area contributed by atoms with E-state index in [9.17, 15) is 8.42 Å². The molecule has 1 rings (SSSR count). The van der Waals surface area contributed by atoms with Gasteiger partial charge < -0.3 is 11.1 Å². The summed E-state index contributed by atoms with van der Waals surface area (Å²) in [5.41, 5.74) is 8.69. The largest absolute Gasteiger partial charge is 0.399 e. The van der Waals surface area contributed by atoms with Crippen LogP contribution in [0.4, 0.5) is 11.4 Å². The first kappa shape index (κ1) is 15.8. The van der Waals surface area contributed by atoms with Crippen molar-refractivity contribution in [1.82, 2.24) is 4.31 Å². The van der Waals surface area contributed by atoms with Crippen molar-refractivity contribution in [1.29, 1.82) is 0 Å². The van der Waals surface area contributed by atoms with E-state index in [0.717, 1.165) is 23.4 Å². The molecule has 0 saturated carbocycles. The second kappa shape index (κ2) is 6.77. The molecule has 0 fully saturated rings. The fourth-order valence-corrected chi connectivity index (χ4v) is 2.55.